The number of ether oxygens (including phenoxy) is 1. The van der Waals surface area contributed by atoms with Crippen molar-refractivity contribution in [2.24, 2.45) is 0 Å². The molecule has 0 spiro atoms. The predicted octanol–water partition coefficient (Wildman–Crippen LogP) is 5.67. The van der Waals surface area contributed by atoms with Crippen molar-refractivity contribution in [2.45, 2.75) is 84.2 Å². The zero-order valence-electron chi connectivity index (χ0n) is 23.6. The summed E-state index contributed by atoms with van der Waals surface area (Å²) < 4.78 is 9.37. The second kappa shape index (κ2) is 12.4. The Kier molecular flexibility index (Phi) is 8.57. The van der Waals surface area contributed by atoms with Crippen LogP contribution in [0.1, 0.15) is 88.2 Å². The van der Waals surface area contributed by atoms with E-state index in [0.717, 1.165) is 65.6 Å². The lowest BCUT2D eigenvalue weighted by molar-refractivity contribution is -0.143. The topological polar surface area (TPSA) is 108 Å². The lowest BCUT2D eigenvalue weighted by Gasteiger charge is -2.32. The van der Waals surface area contributed by atoms with Gasteiger partial charge in [0.1, 0.15) is 0 Å². The monoisotopic (exact) mass is 542 g/mol. The van der Waals surface area contributed by atoms with Gasteiger partial charge in [-0.3, -0.25) is 14.3 Å². The van der Waals surface area contributed by atoms with Gasteiger partial charge in [-0.05, 0) is 73.1 Å². The Morgan fingerprint density at radius 2 is 1.82 bits per heavy atom. The maximum Gasteiger partial charge on any atom is 0.305 e. The molecule has 210 valence electrons. The second-order valence-electron chi connectivity index (χ2n) is 10.6. The quantitative estimate of drug-likeness (QED) is 0.245. The number of aromatic amines is 1. The van der Waals surface area contributed by atoms with Crippen LogP contribution in [-0.4, -0.2) is 42.6 Å². The van der Waals surface area contributed by atoms with Gasteiger partial charge >= 0.3 is 5.97 Å². The van der Waals surface area contributed by atoms with Gasteiger partial charge in [-0.15, -0.1) is 5.10 Å². The zero-order chi connectivity index (χ0) is 28.1. The van der Waals surface area contributed by atoms with Gasteiger partial charge in [0.15, 0.2) is 5.82 Å². The number of fused-ring (bicyclic) bond motifs is 1. The first-order valence-corrected chi connectivity index (χ1v) is 14.4. The van der Waals surface area contributed by atoms with Crippen LogP contribution in [-0.2, 0) is 22.4 Å². The van der Waals surface area contributed by atoms with Crippen LogP contribution < -0.4 is 5.56 Å². The summed E-state index contributed by atoms with van der Waals surface area (Å²) in [5.74, 6) is 0.430. The number of nitrogens with one attached hydrogen (secondary N) is 1. The normalized spacial score (nSPS) is 16.6. The molecule has 1 N–H and O–H groups in total. The van der Waals surface area contributed by atoms with Gasteiger partial charge in [0, 0.05) is 35.7 Å². The fourth-order valence-corrected chi connectivity index (χ4v) is 5.92. The van der Waals surface area contributed by atoms with Crippen LogP contribution in [0.4, 0.5) is 0 Å². The molecule has 0 aliphatic carbocycles. The van der Waals surface area contributed by atoms with Gasteiger partial charge < -0.3 is 4.74 Å². The van der Waals surface area contributed by atoms with E-state index < -0.39 is 0 Å². The smallest absolute Gasteiger partial charge is 0.305 e. The molecular weight excluding hydrogens is 504 g/mol. The Morgan fingerprint density at radius 1 is 1.05 bits per heavy atom. The number of esters is 1. The van der Waals surface area contributed by atoms with E-state index in [2.05, 4.69) is 69.5 Å². The summed E-state index contributed by atoms with van der Waals surface area (Å²) in [4.78, 5) is 26.1. The number of nitrogens with zero attached hydrogens (tertiary/aromatic N) is 5. The molecule has 0 amide bonds. The molecule has 1 aliphatic heterocycles. The Bertz CT molecular complexity index is 1490. The summed E-state index contributed by atoms with van der Waals surface area (Å²) in [7, 11) is 0. The van der Waals surface area contributed by atoms with Crippen molar-refractivity contribution in [1.82, 2.24) is 30.0 Å². The molecule has 0 saturated heterocycles. The minimum Gasteiger partial charge on any atom is -0.466 e. The van der Waals surface area contributed by atoms with E-state index in [1.165, 1.54) is 0 Å². The summed E-state index contributed by atoms with van der Waals surface area (Å²) in [6.45, 7) is 6.58. The number of carbonyl (C=O) groups is 1. The molecule has 3 heterocycles. The molecule has 9 heteroatoms. The largest absolute Gasteiger partial charge is 0.466 e. The molecule has 2 unspecified atom stereocenters. The van der Waals surface area contributed by atoms with Crippen molar-refractivity contribution in [3.8, 4) is 22.5 Å². The highest BCUT2D eigenvalue weighted by atomic mass is 16.5. The molecule has 0 bridgehead atoms. The van der Waals surface area contributed by atoms with Crippen LogP contribution in [0.3, 0.4) is 0 Å². The van der Waals surface area contributed by atoms with Crippen LogP contribution in [0.5, 0.6) is 0 Å². The second-order valence-corrected chi connectivity index (χ2v) is 10.6. The molecule has 0 fully saturated rings. The third kappa shape index (κ3) is 5.64. The van der Waals surface area contributed by atoms with Gasteiger partial charge in [-0.25, -0.2) is 9.78 Å². The Morgan fingerprint density at radius 3 is 2.52 bits per heavy atom. The van der Waals surface area contributed by atoms with E-state index in [1.54, 1.807) is 0 Å². The van der Waals surface area contributed by atoms with E-state index in [4.69, 9.17) is 4.74 Å². The number of hydrogen-bond acceptors (Lipinski definition) is 6. The number of rotatable bonds is 11. The standard InChI is InChI=1S/C31H38N6O3/c1-4-6-11-28-27(31(39)37-24(17-12-21(3)36(28)37)18-19-29(38)40-5-2)20-22-13-15-23(16-14-22)25-9-7-8-10-26(25)30-32-34-35-33-30/h7-10,13-16,21,24H,4-6,11-12,17-20H2,1-3H3,(H,32,33,34,35). The van der Waals surface area contributed by atoms with Crippen molar-refractivity contribution >= 4 is 5.97 Å². The maximum atomic E-state index is 14.0. The van der Waals surface area contributed by atoms with Crippen LogP contribution in [0.15, 0.2) is 53.3 Å². The van der Waals surface area contributed by atoms with E-state index in [-0.39, 0.29) is 23.6 Å². The van der Waals surface area contributed by atoms with Crippen molar-refractivity contribution < 1.29 is 9.53 Å². The summed E-state index contributed by atoms with van der Waals surface area (Å²) in [5.41, 5.74) is 6.23. The average Bonchev–Trinajstić information content (AvgIpc) is 3.60. The number of tetrazole rings is 1. The highest BCUT2D eigenvalue weighted by Gasteiger charge is 2.31. The van der Waals surface area contributed by atoms with Crippen molar-refractivity contribution in [3.63, 3.8) is 0 Å². The lowest BCUT2D eigenvalue weighted by Crippen LogP contribution is -2.35. The molecule has 9 nitrogen and oxygen atoms in total. The number of carbonyl (C=O) groups excluding carboxylic acids is 1. The molecule has 2 aromatic carbocycles. The third-order valence-corrected chi connectivity index (χ3v) is 7.93. The molecule has 0 saturated carbocycles. The molecule has 2 atom stereocenters. The zero-order valence-corrected chi connectivity index (χ0v) is 23.6. The SMILES string of the molecule is CCCCc1c(Cc2ccc(-c3ccccc3-c3nnn[nH]3)cc2)c(=O)n2n1C(C)CCC2CCC(=O)OCC. The van der Waals surface area contributed by atoms with E-state index in [0.29, 0.717) is 31.7 Å². The average molecular weight is 543 g/mol. The Hall–Kier alpha value is -4.01. The molecule has 0 radical (unpaired) electrons. The van der Waals surface area contributed by atoms with E-state index in [1.807, 2.05) is 29.8 Å². The van der Waals surface area contributed by atoms with Crippen LogP contribution in [0.2, 0.25) is 0 Å². The highest BCUT2D eigenvalue weighted by molar-refractivity contribution is 5.80. The minimum absolute atomic E-state index is 0.00620. The van der Waals surface area contributed by atoms with Gasteiger partial charge in [0.2, 0.25) is 0 Å². The first kappa shape index (κ1) is 27.6. The summed E-state index contributed by atoms with van der Waals surface area (Å²) in [6, 6.07) is 16.7. The van der Waals surface area contributed by atoms with E-state index in [9.17, 15) is 9.59 Å². The minimum atomic E-state index is -0.194. The number of hydrogen-bond donors (Lipinski definition) is 1. The molecule has 5 rings (SSSR count). The summed E-state index contributed by atoms with van der Waals surface area (Å²) in [6.07, 6.45) is 6.39. The van der Waals surface area contributed by atoms with Gasteiger partial charge in [0.05, 0.1) is 12.6 Å². The predicted molar refractivity (Wildman–Crippen MR) is 154 cm³/mol. The van der Waals surface area contributed by atoms with Crippen LogP contribution >= 0.6 is 0 Å². The van der Waals surface area contributed by atoms with Gasteiger partial charge in [0.25, 0.3) is 5.56 Å². The number of H-pyrrole nitrogens is 1. The lowest BCUT2D eigenvalue weighted by atomic mass is 9.96. The van der Waals surface area contributed by atoms with Crippen LogP contribution in [0, 0.1) is 0 Å². The maximum absolute atomic E-state index is 14.0. The molecule has 2 aromatic heterocycles. The van der Waals surface area contributed by atoms with Gasteiger partial charge in [-0.1, -0.05) is 61.9 Å². The molecule has 1 aliphatic rings. The first-order valence-electron chi connectivity index (χ1n) is 14.4. The molecule has 4 aromatic rings. The fourth-order valence-electron chi connectivity index (χ4n) is 5.92. The molecular formula is C31H38N6O3. The third-order valence-electron chi connectivity index (χ3n) is 7.93. The van der Waals surface area contributed by atoms with Crippen molar-refractivity contribution in [3.05, 3.63) is 75.7 Å². The number of unbranched alkanes of at least 4 members (excludes halogenated alkanes) is 1. The number of aromatic nitrogens is 6. The van der Waals surface area contributed by atoms with E-state index >= 15 is 0 Å². The van der Waals surface area contributed by atoms with Crippen molar-refractivity contribution in [1.29, 1.82) is 0 Å². The Balaban J connectivity index is 1.46. The Labute approximate surface area is 234 Å². The molecule has 40 heavy (non-hydrogen) atoms. The van der Waals surface area contributed by atoms with Gasteiger partial charge in [-0.2, -0.15) is 0 Å². The first-order chi connectivity index (χ1) is 19.5. The summed E-state index contributed by atoms with van der Waals surface area (Å²) in [5, 5.41) is 14.4. The summed E-state index contributed by atoms with van der Waals surface area (Å²) >= 11 is 0. The van der Waals surface area contributed by atoms with Crippen LogP contribution in [0.25, 0.3) is 22.5 Å². The fraction of sp³-hybridized carbons (Fsp3) is 0.452. The number of benzene rings is 2. The highest BCUT2D eigenvalue weighted by Crippen LogP contribution is 2.34. The van der Waals surface area contributed by atoms with Crippen molar-refractivity contribution in [2.75, 3.05) is 6.61 Å².